The van der Waals surface area contributed by atoms with E-state index in [1.165, 1.54) is 0 Å². The van der Waals surface area contributed by atoms with E-state index in [0.717, 1.165) is 15.7 Å². The first kappa shape index (κ1) is 14.5. The molecule has 1 amide bonds. The molecule has 0 spiro atoms. The number of aromatic nitrogens is 1. The number of amides is 1. The third kappa shape index (κ3) is 2.99. The third-order valence-electron chi connectivity index (χ3n) is 3.02. The van der Waals surface area contributed by atoms with Gasteiger partial charge in [-0.05, 0) is 48.0 Å². The van der Waals surface area contributed by atoms with Crippen LogP contribution in [0.15, 0.2) is 41.0 Å². The molecule has 0 atom stereocenters. The Morgan fingerprint density at radius 2 is 2.00 bits per heavy atom. The topological polar surface area (TPSA) is 59.2 Å². The average molecular weight is 334 g/mol. The molecule has 104 valence electrons. The van der Waals surface area contributed by atoms with Crippen molar-refractivity contribution < 1.29 is 4.79 Å². The zero-order valence-corrected chi connectivity index (χ0v) is 13.0. The van der Waals surface area contributed by atoms with Crippen LogP contribution in [0.3, 0.4) is 0 Å². The highest BCUT2D eigenvalue weighted by molar-refractivity contribution is 9.10. The van der Waals surface area contributed by atoms with Crippen LogP contribution in [0.5, 0.6) is 0 Å². The van der Waals surface area contributed by atoms with Crippen molar-refractivity contribution in [3.63, 3.8) is 0 Å². The summed E-state index contributed by atoms with van der Waals surface area (Å²) in [6.45, 7) is 4.51. The van der Waals surface area contributed by atoms with E-state index < -0.39 is 0 Å². The highest BCUT2D eigenvalue weighted by Crippen LogP contribution is 2.22. The summed E-state index contributed by atoms with van der Waals surface area (Å²) in [4.78, 5) is 18.3. The summed E-state index contributed by atoms with van der Waals surface area (Å²) in [5.74, 6) is 0.0893. The molecule has 1 aromatic carbocycles. The zero-order chi connectivity index (χ0) is 14.7. The molecule has 0 saturated carbocycles. The number of carbonyl (C=O) groups excluding carboxylic acids is 1. The predicted octanol–water partition coefficient (Wildman–Crippen LogP) is 3.40. The van der Waals surface area contributed by atoms with Gasteiger partial charge in [-0.1, -0.05) is 17.7 Å². The van der Waals surface area contributed by atoms with Gasteiger partial charge in [-0.25, -0.2) is 4.98 Å². The number of pyridine rings is 1. The maximum Gasteiger partial charge on any atom is 0.262 e. The fraction of sp³-hybridized carbons (Fsp3) is 0.200. The number of nitrogens with two attached hydrogens (primary N) is 1. The summed E-state index contributed by atoms with van der Waals surface area (Å²) in [5.41, 5.74) is 8.21. The quantitative estimate of drug-likeness (QED) is 0.936. The molecular weight excluding hydrogens is 318 g/mol. The van der Waals surface area contributed by atoms with Crippen molar-refractivity contribution in [3.8, 4) is 0 Å². The van der Waals surface area contributed by atoms with Gasteiger partial charge in [0.2, 0.25) is 0 Å². The number of nitrogens with zero attached hydrogens (tertiary/aromatic N) is 2. The Kier molecular flexibility index (Phi) is 4.39. The maximum atomic E-state index is 12.6. The Bertz CT molecular complexity index is 626. The van der Waals surface area contributed by atoms with Crippen LogP contribution in [0, 0.1) is 6.92 Å². The van der Waals surface area contributed by atoms with Crippen molar-refractivity contribution in [1.29, 1.82) is 0 Å². The first-order chi connectivity index (χ1) is 9.52. The number of rotatable bonds is 3. The number of hydrogen-bond donors (Lipinski definition) is 1. The van der Waals surface area contributed by atoms with Gasteiger partial charge in [-0.15, -0.1) is 0 Å². The summed E-state index contributed by atoms with van der Waals surface area (Å²) >= 11 is 3.31. The Hall–Kier alpha value is -1.88. The fourth-order valence-electron chi connectivity index (χ4n) is 1.93. The van der Waals surface area contributed by atoms with E-state index in [9.17, 15) is 4.79 Å². The number of anilines is 2. The monoisotopic (exact) mass is 333 g/mol. The smallest absolute Gasteiger partial charge is 0.262 e. The van der Waals surface area contributed by atoms with Crippen molar-refractivity contribution in [2.45, 2.75) is 13.8 Å². The minimum absolute atomic E-state index is 0.150. The molecule has 2 N–H and O–H groups in total. The largest absolute Gasteiger partial charge is 0.383 e. The normalized spacial score (nSPS) is 10.3. The number of carbonyl (C=O) groups is 1. The van der Waals surface area contributed by atoms with Gasteiger partial charge in [-0.2, -0.15) is 0 Å². The highest BCUT2D eigenvalue weighted by Gasteiger charge is 2.19. The van der Waals surface area contributed by atoms with Crippen molar-refractivity contribution >= 4 is 33.3 Å². The standard InChI is InChI=1S/C15H16BrN3O/c1-3-19(12-6-4-10(2)5-7-12)15(20)13-8-11(16)9-18-14(13)17/h4-9H,3H2,1-2H3,(H2,17,18). The molecule has 0 aliphatic rings. The lowest BCUT2D eigenvalue weighted by molar-refractivity contribution is 0.0989. The van der Waals surface area contributed by atoms with Gasteiger partial charge in [0.1, 0.15) is 5.82 Å². The van der Waals surface area contributed by atoms with Crippen LogP contribution < -0.4 is 10.6 Å². The number of hydrogen-bond acceptors (Lipinski definition) is 3. The maximum absolute atomic E-state index is 12.6. The average Bonchev–Trinajstić information content (AvgIpc) is 2.44. The number of aryl methyl sites for hydroxylation is 1. The molecule has 0 fully saturated rings. The van der Waals surface area contributed by atoms with Crippen LogP contribution >= 0.6 is 15.9 Å². The Balaban J connectivity index is 2.38. The minimum Gasteiger partial charge on any atom is -0.383 e. The summed E-state index contributed by atoms with van der Waals surface area (Å²) in [7, 11) is 0. The summed E-state index contributed by atoms with van der Waals surface area (Å²) in [6, 6.07) is 9.51. The molecule has 2 rings (SSSR count). The van der Waals surface area contributed by atoms with Gasteiger partial charge < -0.3 is 10.6 Å². The Labute approximate surface area is 126 Å². The molecule has 20 heavy (non-hydrogen) atoms. The lowest BCUT2D eigenvalue weighted by Gasteiger charge is -2.21. The molecule has 0 aliphatic carbocycles. The second-order valence-corrected chi connectivity index (χ2v) is 5.39. The number of halogens is 1. The molecule has 2 aromatic rings. The first-order valence-electron chi connectivity index (χ1n) is 6.32. The molecule has 0 unspecified atom stereocenters. The van der Waals surface area contributed by atoms with E-state index >= 15 is 0 Å². The highest BCUT2D eigenvalue weighted by atomic mass is 79.9. The molecular formula is C15H16BrN3O. The van der Waals surface area contributed by atoms with Crippen LogP contribution in [0.4, 0.5) is 11.5 Å². The van der Waals surface area contributed by atoms with Gasteiger partial charge in [0.15, 0.2) is 0 Å². The van der Waals surface area contributed by atoms with Crippen LogP contribution in [0.25, 0.3) is 0 Å². The molecule has 0 radical (unpaired) electrons. The van der Waals surface area contributed by atoms with E-state index in [-0.39, 0.29) is 11.7 Å². The second-order valence-electron chi connectivity index (χ2n) is 4.47. The SMILES string of the molecule is CCN(C(=O)c1cc(Br)cnc1N)c1ccc(C)cc1. The molecule has 1 heterocycles. The Morgan fingerprint density at radius 3 is 2.60 bits per heavy atom. The van der Waals surface area contributed by atoms with E-state index in [4.69, 9.17) is 5.73 Å². The molecule has 1 aromatic heterocycles. The number of benzene rings is 1. The lowest BCUT2D eigenvalue weighted by atomic mass is 10.1. The van der Waals surface area contributed by atoms with Gasteiger partial charge >= 0.3 is 0 Å². The summed E-state index contributed by atoms with van der Waals surface area (Å²) in [6.07, 6.45) is 1.58. The van der Waals surface area contributed by atoms with Gasteiger partial charge in [0.05, 0.1) is 5.56 Å². The lowest BCUT2D eigenvalue weighted by Crippen LogP contribution is -2.31. The summed E-state index contributed by atoms with van der Waals surface area (Å²) < 4.78 is 0.731. The van der Waals surface area contributed by atoms with E-state index in [1.807, 2.05) is 38.1 Å². The van der Waals surface area contributed by atoms with Crippen LogP contribution in [-0.2, 0) is 0 Å². The third-order valence-corrected chi connectivity index (χ3v) is 3.46. The van der Waals surface area contributed by atoms with Gasteiger partial charge in [-0.3, -0.25) is 4.79 Å². The van der Waals surface area contributed by atoms with Gasteiger partial charge in [0.25, 0.3) is 5.91 Å². The van der Waals surface area contributed by atoms with Crippen LogP contribution in [0.1, 0.15) is 22.8 Å². The van der Waals surface area contributed by atoms with Gasteiger partial charge in [0, 0.05) is 22.9 Å². The molecule has 0 saturated heterocycles. The van der Waals surface area contributed by atoms with E-state index in [0.29, 0.717) is 12.1 Å². The first-order valence-corrected chi connectivity index (χ1v) is 7.11. The molecule has 0 aliphatic heterocycles. The fourth-order valence-corrected chi connectivity index (χ4v) is 2.27. The van der Waals surface area contributed by atoms with Crippen LogP contribution in [0.2, 0.25) is 0 Å². The van der Waals surface area contributed by atoms with Crippen molar-refractivity contribution in [2.75, 3.05) is 17.2 Å². The molecule has 0 bridgehead atoms. The summed E-state index contributed by atoms with van der Waals surface area (Å²) in [5, 5.41) is 0. The van der Waals surface area contributed by atoms with E-state index in [1.54, 1.807) is 17.2 Å². The Morgan fingerprint density at radius 1 is 1.35 bits per heavy atom. The molecule has 5 heteroatoms. The van der Waals surface area contributed by atoms with Crippen LogP contribution in [-0.4, -0.2) is 17.4 Å². The number of nitrogen functional groups attached to an aromatic ring is 1. The zero-order valence-electron chi connectivity index (χ0n) is 11.4. The minimum atomic E-state index is -0.150. The van der Waals surface area contributed by atoms with Crippen molar-refractivity contribution in [1.82, 2.24) is 4.98 Å². The second kappa shape index (κ2) is 6.05. The van der Waals surface area contributed by atoms with E-state index in [2.05, 4.69) is 20.9 Å². The molecule has 4 nitrogen and oxygen atoms in total. The van der Waals surface area contributed by atoms with Crippen molar-refractivity contribution in [3.05, 3.63) is 52.1 Å². The predicted molar refractivity (Wildman–Crippen MR) is 84.9 cm³/mol. The van der Waals surface area contributed by atoms with Crippen molar-refractivity contribution in [2.24, 2.45) is 0 Å².